The quantitative estimate of drug-likeness (QED) is 0.651. The molecule has 1 atom stereocenters. The first-order valence-corrected chi connectivity index (χ1v) is 9.97. The third-order valence-electron chi connectivity index (χ3n) is 4.66. The zero-order valence-electron chi connectivity index (χ0n) is 15.1. The van der Waals surface area contributed by atoms with Crippen LogP contribution in [0, 0.1) is 5.92 Å². The molecule has 6 heteroatoms. The number of rotatable bonds is 8. The summed E-state index contributed by atoms with van der Waals surface area (Å²) >= 11 is 1.71. The van der Waals surface area contributed by atoms with Gasteiger partial charge in [-0.1, -0.05) is 25.0 Å². The molecule has 2 amide bonds. The van der Waals surface area contributed by atoms with Gasteiger partial charge in [0, 0.05) is 23.7 Å². The number of nitrogens with one attached hydrogen (secondary N) is 2. The summed E-state index contributed by atoms with van der Waals surface area (Å²) < 4.78 is 10.6. The predicted molar refractivity (Wildman–Crippen MR) is 105 cm³/mol. The van der Waals surface area contributed by atoms with E-state index in [9.17, 15) is 4.79 Å². The number of ether oxygens (including phenoxy) is 2. The van der Waals surface area contributed by atoms with Crippen LogP contribution in [0.5, 0.6) is 5.75 Å². The fraction of sp³-hybridized carbons (Fsp3) is 0.450. The molecule has 0 radical (unpaired) electrons. The molecule has 1 aromatic carbocycles. The van der Waals surface area contributed by atoms with Gasteiger partial charge in [-0.25, -0.2) is 4.79 Å². The number of hydrogen-bond acceptors (Lipinski definition) is 4. The second-order valence-electron chi connectivity index (χ2n) is 6.51. The molecule has 0 unspecified atom stereocenters. The van der Waals surface area contributed by atoms with Gasteiger partial charge in [-0.15, -0.1) is 11.3 Å². The molecule has 26 heavy (non-hydrogen) atoms. The molecule has 1 heterocycles. The summed E-state index contributed by atoms with van der Waals surface area (Å²) in [6.07, 6.45) is 4.84. The highest BCUT2D eigenvalue weighted by molar-refractivity contribution is 7.10. The number of amides is 2. The van der Waals surface area contributed by atoms with Crippen LogP contribution in [-0.2, 0) is 4.74 Å². The topological polar surface area (TPSA) is 59.6 Å². The number of urea groups is 1. The van der Waals surface area contributed by atoms with E-state index in [-0.39, 0.29) is 12.1 Å². The number of benzene rings is 1. The molecule has 1 fully saturated rings. The van der Waals surface area contributed by atoms with E-state index < -0.39 is 0 Å². The summed E-state index contributed by atoms with van der Waals surface area (Å²) in [7, 11) is 1.64. The van der Waals surface area contributed by atoms with E-state index in [1.165, 1.54) is 30.6 Å². The molecule has 0 aliphatic heterocycles. The van der Waals surface area contributed by atoms with Gasteiger partial charge in [0.15, 0.2) is 0 Å². The van der Waals surface area contributed by atoms with E-state index in [0.717, 1.165) is 0 Å². The van der Waals surface area contributed by atoms with Crippen molar-refractivity contribution in [1.29, 1.82) is 0 Å². The molecule has 1 aliphatic rings. The van der Waals surface area contributed by atoms with Gasteiger partial charge in [-0.05, 0) is 42.3 Å². The van der Waals surface area contributed by atoms with Crippen molar-refractivity contribution in [3.8, 4) is 5.75 Å². The Morgan fingerprint density at radius 1 is 1.23 bits per heavy atom. The first kappa shape index (κ1) is 18.7. The Morgan fingerprint density at radius 3 is 2.81 bits per heavy atom. The van der Waals surface area contributed by atoms with Gasteiger partial charge in [-0.3, -0.25) is 0 Å². The van der Waals surface area contributed by atoms with Crippen LogP contribution in [0.1, 0.15) is 36.6 Å². The highest BCUT2D eigenvalue weighted by atomic mass is 32.1. The summed E-state index contributed by atoms with van der Waals surface area (Å²) in [6.45, 7) is 1.01. The third-order valence-corrected chi connectivity index (χ3v) is 5.61. The maximum Gasteiger partial charge on any atom is 0.319 e. The number of anilines is 1. The molecule has 1 aromatic heterocycles. The van der Waals surface area contributed by atoms with Crippen LogP contribution < -0.4 is 15.4 Å². The average molecular weight is 375 g/mol. The Hall–Kier alpha value is -2.05. The maximum absolute atomic E-state index is 12.6. The lowest BCUT2D eigenvalue weighted by atomic mass is 9.97. The van der Waals surface area contributed by atoms with Crippen LogP contribution in [0.25, 0.3) is 0 Å². The van der Waals surface area contributed by atoms with Crippen molar-refractivity contribution in [3.63, 3.8) is 0 Å². The van der Waals surface area contributed by atoms with Crippen LogP contribution in [0.3, 0.4) is 0 Å². The van der Waals surface area contributed by atoms with Gasteiger partial charge in [-0.2, -0.15) is 0 Å². The Kier molecular flexibility index (Phi) is 6.91. The third kappa shape index (κ3) is 5.22. The molecule has 1 aliphatic carbocycles. The maximum atomic E-state index is 12.6. The van der Waals surface area contributed by atoms with Gasteiger partial charge in [0.1, 0.15) is 12.4 Å². The normalized spacial score (nSPS) is 15.6. The Labute approximate surface area is 158 Å². The molecule has 0 bridgehead atoms. The van der Waals surface area contributed by atoms with Gasteiger partial charge >= 0.3 is 6.03 Å². The van der Waals surface area contributed by atoms with Crippen molar-refractivity contribution < 1.29 is 14.3 Å². The lowest BCUT2D eigenvalue weighted by molar-refractivity contribution is 0.146. The van der Waals surface area contributed by atoms with E-state index in [4.69, 9.17) is 9.47 Å². The van der Waals surface area contributed by atoms with Crippen LogP contribution >= 0.6 is 11.3 Å². The summed E-state index contributed by atoms with van der Waals surface area (Å²) in [5.41, 5.74) is 0.716. The minimum Gasteiger partial charge on any atom is -0.491 e. The molecule has 1 saturated carbocycles. The largest absolute Gasteiger partial charge is 0.491 e. The molecule has 140 valence electrons. The van der Waals surface area contributed by atoms with Crippen LogP contribution in [0.15, 0.2) is 41.8 Å². The number of methoxy groups -OCH3 is 1. The molecular formula is C20H26N2O3S. The van der Waals surface area contributed by atoms with Crippen molar-refractivity contribution in [2.75, 3.05) is 25.6 Å². The SMILES string of the molecule is COCCOc1cccc(NC(=O)N[C@@H](c2cccs2)C2CCCC2)c1. The minimum atomic E-state index is -0.177. The molecular weight excluding hydrogens is 348 g/mol. The zero-order valence-corrected chi connectivity index (χ0v) is 15.9. The first-order chi connectivity index (χ1) is 12.8. The number of hydrogen-bond donors (Lipinski definition) is 2. The van der Waals surface area contributed by atoms with Gasteiger partial charge in [0.25, 0.3) is 0 Å². The number of thiophene rings is 1. The van der Waals surface area contributed by atoms with Crippen LogP contribution in [0.4, 0.5) is 10.5 Å². The van der Waals surface area contributed by atoms with Crippen LogP contribution in [0.2, 0.25) is 0 Å². The smallest absolute Gasteiger partial charge is 0.319 e. The predicted octanol–water partition coefficient (Wildman–Crippen LogP) is 4.83. The molecule has 0 saturated heterocycles. The summed E-state index contributed by atoms with van der Waals surface area (Å²) in [5.74, 6) is 1.23. The minimum absolute atomic E-state index is 0.0821. The fourth-order valence-corrected chi connectivity index (χ4v) is 4.26. The Morgan fingerprint density at radius 2 is 2.08 bits per heavy atom. The Bertz CT molecular complexity index is 684. The second-order valence-corrected chi connectivity index (χ2v) is 7.48. The van der Waals surface area contributed by atoms with E-state index >= 15 is 0 Å². The van der Waals surface area contributed by atoms with Crippen molar-refractivity contribution in [2.45, 2.75) is 31.7 Å². The average Bonchev–Trinajstić information content (AvgIpc) is 3.34. The van der Waals surface area contributed by atoms with E-state index in [0.29, 0.717) is 30.6 Å². The summed E-state index contributed by atoms with van der Waals surface area (Å²) in [4.78, 5) is 13.8. The summed E-state index contributed by atoms with van der Waals surface area (Å²) in [6, 6.07) is 11.5. The number of carbonyl (C=O) groups excluding carboxylic acids is 1. The standard InChI is InChI=1S/C20H26N2O3S/c1-24-11-12-25-17-9-4-8-16(14-17)21-20(23)22-19(15-6-2-3-7-15)18-10-5-13-26-18/h4-5,8-10,13-15,19H,2-3,6-7,11-12H2,1H3,(H2,21,22,23)/t19-/m1/s1. The molecule has 5 nitrogen and oxygen atoms in total. The van der Waals surface area contributed by atoms with Crippen molar-refractivity contribution in [2.24, 2.45) is 5.92 Å². The summed E-state index contributed by atoms with van der Waals surface area (Å²) in [5, 5.41) is 8.18. The van der Waals surface area contributed by atoms with Gasteiger partial charge in [0.05, 0.1) is 12.6 Å². The van der Waals surface area contributed by atoms with Crippen molar-refractivity contribution >= 4 is 23.1 Å². The van der Waals surface area contributed by atoms with Gasteiger partial charge in [0.2, 0.25) is 0 Å². The molecule has 2 aromatic rings. The Balaban J connectivity index is 1.60. The van der Waals surface area contributed by atoms with E-state index in [2.05, 4.69) is 22.1 Å². The van der Waals surface area contributed by atoms with Gasteiger partial charge < -0.3 is 20.1 Å². The lowest BCUT2D eigenvalue weighted by Crippen LogP contribution is -2.35. The monoisotopic (exact) mass is 374 g/mol. The molecule has 0 spiro atoms. The zero-order chi connectivity index (χ0) is 18.2. The highest BCUT2D eigenvalue weighted by Gasteiger charge is 2.28. The van der Waals surface area contributed by atoms with E-state index in [1.54, 1.807) is 18.4 Å². The number of carbonyl (C=O) groups is 1. The first-order valence-electron chi connectivity index (χ1n) is 9.09. The van der Waals surface area contributed by atoms with Crippen molar-refractivity contribution in [1.82, 2.24) is 5.32 Å². The fourth-order valence-electron chi connectivity index (χ4n) is 3.40. The molecule has 3 rings (SSSR count). The highest BCUT2D eigenvalue weighted by Crippen LogP contribution is 2.37. The lowest BCUT2D eigenvalue weighted by Gasteiger charge is -2.24. The van der Waals surface area contributed by atoms with Crippen molar-refractivity contribution in [3.05, 3.63) is 46.7 Å². The van der Waals surface area contributed by atoms with Crippen LogP contribution in [-0.4, -0.2) is 26.4 Å². The molecule has 2 N–H and O–H groups in total. The second kappa shape index (κ2) is 9.59. The van der Waals surface area contributed by atoms with E-state index in [1.807, 2.05) is 30.3 Å².